The minimum absolute atomic E-state index is 0.381. The van der Waals surface area contributed by atoms with Crippen LogP contribution in [0.3, 0.4) is 0 Å². The Bertz CT molecular complexity index is 1390. The van der Waals surface area contributed by atoms with Crippen LogP contribution in [-0.2, 0) is 4.79 Å². The highest BCUT2D eigenvalue weighted by molar-refractivity contribution is 6.43. The first-order valence-corrected chi connectivity index (χ1v) is 12.2. The van der Waals surface area contributed by atoms with Gasteiger partial charge < -0.3 is 23.7 Å². The molecule has 5 rings (SSSR count). The summed E-state index contributed by atoms with van der Waals surface area (Å²) >= 11 is 0. The Morgan fingerprint density at radius 1 is 0.889 bits per heavy atom. The molecule has 0 saturated carbocycles. The predicted molar refractivity (Wildman–Crippen MR) is 140 cm³/mol. The number of methoxy groups -OCH3 is 1. The van der Waals surface area contributed by atoms with E-state index in [4.69, 9.17) is 9.47 Å². The summed E-state index contributed by atoms with van der Waals surface area (Å²) in [5.74, 6) is 0.580. The van der Waals surface area contributed by atoms with Gasteiger partial charge in [0.05, 0.1) is 19.4 Å². The number of Topliss-reactive ketones (excluding diaryl/α,β-unsaturated/α-hetero) is 1. The molecule has 0 N–H and O–H groups in total. The highest BCUT2D eigenvalue weighted by atomic mass is 16.5. The number of hydrogen-bond donors (Lipinski definition) is 0. The summed E-state index contributed by atoms with van der Waals surface area (Å²) in [7, 11) is 1.65. The molecule has 0 bridgehead atoms. The van der Waals surface area contributed by atoms with E-state index in [2.05, 4.69) is 4.90 Å². The van der Waals surface area contributed by atoms with Crippen LogP contribution in [0.25, 0.3) is 16.6 Å². The zero-order chi connectivity index (χ0) is 25.1. The minimum Gasteiger partial charge on any atom is -0.495 e. The molecule has 3 heterocycles. The van der Waals surface area contributed by atoms with Crippen LogP contribution < -0.4 is 14.4 Å². The van der Waals surface area contributed by atoms with E-state index < -0.39 is 11.7 Å². The van der Waals surface area contributed by atoms with Crippen molar-refractivity contribution in [3.8, 4) is 22.6 Å². The van der Waals surface area contributed by atoms with Crippen molar-refractivity contribution in [3.63, 3.8) is 0 Å². The number of nitrogens with zero attached hydrogens (tertiary/aromatic N) is 3. The first kappa shape index (κ1) is 23.5. The lowest BCUT2D eigenvalue weighted by atomic mass is 10.0. The zero-order valence-corrected chi connectivity index (χ0v) is 20.5. The van der Waals surface area contributed by atoms with Crippen LogP contribution in [-0.4, -0.2) is 60.9 Å². The first-order chi connectivity index (χ1) is 17.6. The molecule has 36 heavy (non-hydrogen) atoms. The van der Waals surface area contributed by atoms with Crippen LogP contribution in [0.5, 0.6) is 11.5 Å². The smallest absolute Gasteiger partial charge is 0.296 e. The van der Waals surface area contributed by atoms with Gasteiger partial charge in [0.15, 0.2) is 0 Å². The summed E-state index contributed by atoms with van der Waals surface area (Å²) in [6.07, 6.45) is 1.83. The van der Waals surface area contributed by atoms with E-state index in [1.165, 1.54) is 0 Å². The second-order valence-electron chi connectivity index (χ2n) is 8.64. The second kappa shape index (κ2) is 10.2. The number of ketones is 1. The van der Waals surface area contributed by atoms with Gasteiger partial charge >= 0.3 is 0 Å². The Morgan fingerprint density at radius 3 is 2.33 bits per heavy atom. The average Bonchev–Trinajstić information content (AvgIpc) is 3.32. The summed E-state index contributed by atoms with van der Waals surface area (Å²) in [4.78, 5) is 30.9. The summed E-state index contributed by atoms with van der Waals surface area (Å²) in [5.41, 5.74) is 3.83. The molecule has 0 unspecified atom stereocenters. The Labute approximate surface area is 210 Å². The highest BCUT2D eigenvalue weighted by Crippen LogP contribution is 2.31. The van der Waals surface area contributed by atoms with Gasteiger partial charge in [0.2, 0.25) is 0 Å². The van der Waals surface area contributed by atoms with Gasteiger partial charge in [-0.1, -0.05) is 30.3 Å². The number of para-hydroxylation sites is 2. The molecule has 7 nitrogen and oxygen atoms in total. The van der Waals surface area contributed by atoms with Crippen molar-refractivity contribution < 1.29 is 19.1 Å². The molecule has 184 valence electrons. The van der Waals surface area contributed by atoms with E-state index in [1.54, 1.807) is 16.4 Å². The highest BCUT2D eigenvalue weighted by Gasteiger charge is 2.31. The SMILES string of the molecule is CCOc1ccc(-c2cc3ccccn3c2C(=O)C(=O)N2CCN(c3ccccc3OC)CC2)cc1. The fourth-order valence-electron chi connectivity index (χ4n) is 4.76. The fraction of sp³-hybridized carbons (Fsp3) is 0.241. The van der Waals surface area contributed by atoms with Crippen LogP contribution in [0.1, 0.15) is 17.4 Å². The summed E-state index contributed by atoms with van der Waals surface area (Å²) < 4.78 is 12.9. The number of hydrogen-bond acceptors (Lipinski definition) is 5. The molecule has 0 spiro atoms. The third-order valence-corrected chi connectivity index (χ3v) is 6.56. The van der Waals surface area contributed by atoms with E-state index in [0.717, 1.165) is 33.8 Å². The standard InChI is InChI=1S/C29H29N3O4/c1-3-36-23-13-11-21(12-14-23)24-20-22-8-6-7-15-32(22)27(24)28(33)29(34)31-18-16-30(17-19-31)25-9-4-5-10-26(25)35-2/h4-15,20H,3,16-19H2,1-2H3. The summed E-state index contributed by atoms with van der Waals surface area (Å²) in [6, 6.07) is 23.1. The lowest BCUT2D eigenvalue weighted by Crippen LogP contribution is -2.50. The van der Waals surface area contributed by atoms with Crippen LogP contribution in [0.4, 0.5) is 5.69 Å². The van der Waals surface area contributed by atoms with E-state index in [9.17, 15) is 9.59 Å². The van der Waals surface area contributed by atoms with Gasteiger partial charge in [-0.05, 0) is 55.0 Å². The number of pyridine rings is 1. The van der Waals surface area contributed by atoms with Crippen LogP contribution in [0.15, 0.2) is 79.0 Å². The van der Waals surface area contributed by atoms with Gasteiger partial charge in [0.1, 0.15) is 17.2 Å². The number of aromatic nitrogens is 1. The molecule has 1 fully saturated rings. The van der Waals surface area contributed by atoms with Crippen molar-refractivity contribution in [2.24, 2.45) is 0 Å². The molecule has 1 aliphatic heterocycles. The van der Waals surface area contributed by atoms with Crippen molar-refractivity contribution >= 4 is 22.9 Å². The molecular formula is C29H29N3O4. The van der Waals surface area contributed by atoms with Gasteiger partial charge in [-0.15, -0.1) is 0 Å². The number of amides is 1. The number of carbonyl (C=O) groups excluding carboxylic acids is 2. The molecule has 0 atom stereocenters. The molecule has 1 aliphatic rings. The van der Waals surface area contributed by atoms with Crippen molar-refractivity contribution in [3.05, 3.63) is 84.7 Å². The first-order valence-electron chi connectivity index (χ1n) is 12.2. The maximum atomic E-state index is 13.7. The Kier molecular flexibility index (Phi) is 6.62. The van der Waals surface area contributed by atoms with E-state index in [0.29, 0.717) is 38.5 Å². The number of anilines is 1. The minimum atomic E-state index is -0.504. The Hall–Kier alpha value is -4.26. The number of rotatable bonds is 7. The third-order valence-electron chi connectivity index (χ3n) is 6.56. The molecule has 1 saturated heterocycles. The summed E-state index contributed by atoms with van der Waals surface area (Å²) in [6.45, 7) is 4.69. The molecule has 0 aliphatic carbocycles. The lowest BCUT2D eigenvalue weighted by molar-refractivity contribution is -0.126. The molecule has 1 amide bonds. The van der Waals surface area contributed by atoms with Gasteiger partial charge in [-0.3, -0.25) is 9.59 Å². The van der Waals surface area contributed by atoms with Crippen molar-refractivity contribution in [2.75, 3.05) is 44.8 Å². The third kappa shape index (κ3) is 4.40. The molecule has 2 aromatic carbocycles. The second-order valence-corrected chi connectivity index (χ2v) is 8.64. The topological polar surface area (TPSA) is 63.5 Å². The van der Waals surface area contributed by atoms with Crippen molar-refractivity contribution in [1.82, 2.24) is 9.30 Å². The molecule has 4 aromatic rings. The van der Waals surface area contributed by atoms with Crippen molar-refractivity contribution in [2.45, 2.75) is 6.92 Å². The number of ether oxygens (including phenoxy) is 2. The maximum Gasteiger partial charge on any atom is 0.296 e. The fourth-order valence-corrected chi connectivity index (χ4v) is 4.76. The number of benzene rings is 2. The van der Waals surface area contributed by atoms with Gasteiger partial charge in [0, 0.05) is 43.5 Å². The molecule has 0 radical (unpaired) electrons. The van der Waals surface area contributed by atoms with Crippen LogP contribution in [0, 0.1) is 0 Å². The maximum absolute atomic E-state index is 13.7. The largest absolute Gasteiger partial charge is 0.495 e. The van der Waals surface area contributed by atoms with Crippen molar-refractivity contribution in [1.29, 1.82) is 0 Å². The molecular weight excluding hydrogens is 454 g/mol. The number of piperazine rings is 1. The van der Waals surface area contributed by atoms with E-state index in [1.807, 2.05) is 85.9 Å². The van der Waals surface area contributed by atoms with Gasteiger partial charge in [0.25, 0.3) is 11.7 Å². The monoisotopic (exact) mass is 483 g/mol. The Balaban J connectivity index is 1.40. The number of fused-ring (bicyclic) bond motifs is 1. The Morgan fingerprint density at radius 2 is 1.61 bits per heavy atom. The molecule has 2 aromatic heterocycles. The number of carbonyl (C=O) groups is 2. The van der Waals surface area contributed by atoms with Crippen LogP contribution >= 0.6 is 0 Å². The summed E-state index contributed by atoms with van der Waals surface area (Å²) in [5, 5.41) is 0. The van der Waals surface area contributed by atoms with E-state index in [-0.39, 0.29) is 0 Å². The average molecular weight is 484 g/mol. The van der Waals surface area contributed by atoms with E-state index >= 15 is 0 Å². The predicted octanol–water partition coefficient (Wildman–Crippen LogP) is 4.55. The van der Waals surface area contributed by atoms with Crippen LogP contribution in [0.2, 0.25) is 0 Å². The van der Waals surface area contributed by atoms with Gasteiger partial charge in [-0.25, -0.2) is 0 Å². The molecule has 7 heteroatoms. The quantitative estimate of drug-likeness (QED) is 0.285. The zero-order valence-electron chi connectivity index (χ0n) is 20.5. The lowest BCUT2D eigenvalue weighted by Gasteiger charge is -2.36. The van der Waals surface area contributed by atoms with Gasteiger partial charge in [-0.2, -0.15) is 0 Å². The normalized spacial score (nSPS) is 13.6.